The molecule has 3 aromatic rings. The van der Waals surface area contributed by atoms with E-state index in [0.717, 1.165) is 17.7 Å². The number of hydrogen-bond donors (Lipinski definition) is 1. The Labute approximate surface area is 217 Å². The van der Waals surface area contributed by atoms with Crippen molar-refractivity contribution < 1.29 is 31.9 Å². The van der Waals surface area contributed by atoms with Gasteiger partial charge in [0, 0.05) is 38.7 Å². The Bertz CT molecular complexity index is 1250. The fourth-order valence-corrected chi connectivity index (χ4v) is 4.78. The lowest BCUT2D eigenvalue weighted by molar-refractivity contribution is -0.137. The summed E-state index contributed by atoms with van der Waals surface area (Å²) in [4.78, 5) is 33.0. The average Bonchev–Trinajstić information content (AvgIpc) is 3.52. The monoisotopic (exact) mass is 528 g/mol. The molecule has 1 spiro atoms. The molecule has 2 saturated heterocycles. The van der Waals surface area contributed by atoms with Crippen LogP contribution in [0, 0.1) is 0 Å². The van der Waals surface area contributed by atoms with E-state index in [1.54, 1.807) is 29.2 Å². The second kappa shape index (κ2) is 10.5. The molecule has 2 aromatic heterocycles. The van der Waals surface area contributed by atoms with Crippen LogP contribution in [0.1, 0.15) is 45.8 Å². The summed E-state index contributed by atoms with van der Waals surface area (Å²) in [5.74, 6) is 0.373. The van der Waals surface area contributed by atoms with Crippen LogP contribution in [-0.4, -0.2) is 52.0 Å². The molecule has 38 heavy (non-hydrogen) atoms. The lowest BCUT2D eigenvalue weighted by Gasteiger charge is -2.37. The Morgan fingerprint density at radius 1 is 1.05 bits per heavy atom. The number of piperidine rings is 1. The van der Waals surface area contributed by atoms with E-state index in [4.69, 9.17) is 9.15 Å². The molecule has 0 unspecified atom stereocenters. The third-order valence-electron chi connectivity index (χ3n) is 6.94. The molecular formula is C27H27F3N4O4. The van der Waals surface area contributed by atoms with Gasteiger partial charge in [0.1, 0.15) is 11.4 Å². The number of pyridine rings is 1. The normalized spacial score (nSPS) is 17.6. The first-order valence-corrected chi connectivity index (χ1v) is 12.3. The molecule has 2 aliphatic rings. The molecule has 8 nitrogen and oxygen atoms in total. The third-order valence-corrected chi connectivity index (χ3v) is 6.94. The SMILES string of the molecule is O=C(NCc1ccco1)c1ccc(CN2CC3(CCN(Cc4ccc(C(F)(F)F)cc4)CC3)OC2=O)nc1. The van der Waals surface area contributed by atoms with Gasteiger partial charge in [-0.15, -0.1) is 0 Å². The Balaban J connectivity index is 1.10. The second-order valence-corrected chi connectivity index (χ2v) is 9.68. The summed E-state index contributed by atoms with van der Waals surface area (Å²) in [5, 5.41) is 2.76. The number of amides is 2. The van der Waals surface area contributed by atoms with Gasteiger partial charge in [-0.2, -0.15) is 13.2 Å². The first-order valence-electron chi connectivity index (χ1n) is 12.3. The highest BCUT2D eigenvalue weighted by Crippen LogP contribution is 2.35. The lowest BCUT2D eigenvalue weighted by atomic mass is 9.91. The number of benzene rings is 1. The van der Waals surface area contributed by atoms with E-state index in [0.29, 0.717) is 56.0 Å². The van der Waals surface area contributed by atoms with E-state index >= 15 is 0 Å². The van der Waals surface area contributed by atoms with Crippen LogP contribution in [-0.2, 0) is 30.5 Å². The topological polar surface area (TPSA) is 87.9 Å². The number of carbonyl (C=O) groups is 2. The minimum absolute atomic E-state index is 0.268. The molecular weight excluding hydrogens is 501 g/mol. The zero-order valence-electron chi connectivity index (χ0n) is 20.5. The average molecular weight is 529 g/mol. The Kier molecular flexibility index (Phi) is 7.11. The maximum Gasteiger partial charge on any atom is 0.416 e. The maximum atomic E-state index is 12.8. The van der Waals surface area contributed by atoms with E-state index in [2.05, 4.69) is 15.2 Å². The summed E-state index contributed by atoms with van der Waals surface area (Å²) in [6.45, 7) is 2.86. The van der Waals surface area contributed by atoms with Crippen molar-refractivity contribution in [1.29, 1.82) is 0 Å². The minimum atomic E-state index is -4.35. The summed E-state index contributed by atoms with van der Waals surface area (Å²) >= 11 is 0. The number of aromatic nitrogens is 1. The molecule has 0 saturated carbocycles. The first-order chi connectivity index (χ1) is 18.2. The van der Waals surface area contributed by atoms with Crippen LogP contribution in [0.3, 0.4) is 0 Å². The number of nitrogens with zero attached hydrogens (tertiary/aromatic N) is 3. The molecule has 4 heterocycles. The van der Waals surface area contributed by atoms with Crippen LogP contribution < -0.4 is 5.32 Å². The quantitative estimate of drug-likeness (QED) is 0.482. The highest BCUT2D eigenvalue weighted by atomic mass is 19.4. The summed E-state index contributed by atoms with van der Waals surface area (Å²) < 4.78 is 49.4. The van der Waals surface area contributed by atoms with Gasteiger partial charge >= 0.3 is 12.3 Å². The molecule has 0 bridgehead atoms. The van der Waals surface area contributed by atoms with Crippen LogP contribution in [0.4, 0.5) is 18.0 Å². The van der Waals surface area contributed by atoms with Crippen LogP contribution in [0.25, 0.3) is 0 Å². The summed E-state index contributed by atoms with van der Waals surface area (Å²) in [7, 11) is 0. The van der Waals surface area contributed by atoms with Crippen LogP contribution >= 0.6 is 0 Å². The molecule has 2 amide bonds. The van der Waals surface area contributed by atoms with Crippen molar-refractivity contribution in [3.63, 3.8) is 0 Å². The van der Waals surface area contributed by atoms with E-state index in [1.165, 1.54) is 24.6 Å². The fraction of sp³-hybridized carbons (Fsp3) is 0.370. The molecule has 0 radical (unpaired) electrons. The summed E-state index contributed by atoms with van der Waals surface area (Å²) in [6, 6.07) is 12.1. The smallest absolute Gasteiger partial charge is 0.416 e. The van der Waals surface area contributed by atoms with E-state index in [9.17, 15) is 22.8 Å². The van der Waals surface area contributed by atoms with Gasteiger partial charge in [0.15, 0.2) is 0 Å². The molecule has 5 rings (SSSR count). The van der Waals surface area contributed by atoms with Crippen molar-refractivity contribution in [3.05, 3.63) is 89.1 Å². The van der Waals surface area contributed by atoms with Crippen molar-refractivity contribution in [2.75, 3.05) is 19.6 Å². The lowest BCUT2D eigenvalue weighted by Crippen LogP contribution is -2.46. The van der Waals surface area contributed by atoms with E-state index in [1.807, 2.05) is 0 Å². The van der Waals surface area contributed by atoms with Gasteiger partial charge in [-0.25, -0.2) is 4.79 Å². The molecule has 1 N–H and O–H groups in total. The number of alkyl halides is 3. The van der Waals surface area contributed by atoms with Crippen LogP contribution in [0.15, 0.2) is 65.4 Å². The summed E-state index contributed by atoms with van der Waals surface area (Å²) in [6.07, 6.45) is -0.456. The van der Waals surface area contributed by atoms with Gasteiger partial charge in [-0.05, 0) is 42.0 Å². The minimum Gasteiger partial charge on any atom is -0.467 e. The molecule has 200 valence electrons. The van der Waals surface area contributed by atoms with E-state index in [-0.39, 0.29) is 19.0 Å². The number of hydrogen-bond acceptors (Lipinski definition) is 6. The maximum absolute atomic E-state index is 12.8. The van der Waals surface area contributed by atoms with Crippen LogP contribution in [0.5, 0.6) is 0 Å². The van der Waals surface area contributed by atoms with Crippen molar-refractivity contribution in [3.8, 4) is 0 Å². The number of furan rings is 1. The van der Waals surface area contributed by atoms with Crippen molar-refractivity contribution >= 4 is 12.0 Å². The number of rotatable bonds is 7. The predicted molar refractivity (Wildman–Crippen MR) is 130 cm³/mol. The second-order valence-electron chi connectivity index (χ2n) is 9.68. The van der Waals surface area contributed by atoms with Crippen LogP contribution in [0.2, 0.25) is 0 Å². The number of ether oxygens (including phenoxy) is 1. The summed E-state index contributed by atoms with van der Waals surface area (Å²) in [5.41, 5.74) is 0.610. The Morgan fingerprint density at radius 3 is 2.45 bits per heavy atom. The first kappa shape index (κ1) is 25.8. The zero-order chi connectivity index (χ0) is 26.8. The Morgan fingerprint density at radius 2 is 1.82 bits per heavy atom. The molecule has 2 fully saturated rings. The molecule has 0 atom stereocenters. The third kappa shape index (κ3) is 5.99. The van der Waals surface area contributed by atoms with Crippen molar-refractivity contribution in [1.82, 2.24) is 20.1 Å². The molecule has 2 aliphatic heterocycles. The molecule has 11 heteroatoms. The number of halogens is 3. The predicted octanol–water partition coefficient (Wildman–Crippen LogP) is 4.61. The largest absolute Gasteiger partial charge is 0.467 e. The molecule has 0 aliphatic carbocycles. The fourth-order valence-electron chi connectivity index (χ4n) is 4.78. The van der Waals surface area contributed by atoms with Crippen molar-refractivity contribution in [2.45, 2.75) is 44.3 Å². The van der Waals surface area contributed by atoms with Gasteiger partial charge < -0.3 is 14.5 Å². The van der Waals surface area contributed by atoms with Gasteiger partial charge in [0.25, 0.3) is 5.91 Å². The number of likely N-dealkylation sites (tertiary alicyclic amines) is 1. The highest BCUT2D eigenvalue weighted by molar-refractivity contribution is 5.93. The van der Waals surface area contributed by atoms with Gasteiger partial charge in [-0.3, -0.25) is 19.6 Å². The molecule has 1 aromatic carbocycles. The van der Waals surface area contributed by atoms with Crippen molar-refractivity contribution in [2.24, 2.45) is 0 Å². The van der Waals surface area contributed by atoms with E-state index < -0.39 is 23.4 Å². The standard InChI is InChI=1S/C27H27F3N4O4/c28-27(29,30)21-6-3-19(4-7-21)16-33-11-9-26(10-12-33)18-34(25(36)38-26)17-22-8-5-20(14-31-22)24(35)32-15-23-2-1-13-37-23/h1-8,13-14H,9-12,15-18H2,(H,32,35). The highest BCUT2D eigenvalue weighted by Gasteiger charge is 2.47. The number of nitrogens with one attached hydrogen (secondary N) is 1. The number of carbonyl (C=O) groups excluding carboxylic acids is 2. The van der Waals surface area contributed by atoms with Gasteiger partial charge in [-0.1, -0.05) is 12.1 Å². The van der Waals surface area contributed by atoms with Gasteiger partial charge in [0.2, 0.25) is 0 Å². The Hall–Kier alpha value is -3.86. The van der Waals surface area contributed by atoms with Gasteiger partial charge in [0.05, 0.1) is 42.7 Å². The zero-order valence-corrected chi connectivity index (χ0v) is 20.5.